The van der Waals surface area contributed by atoms with Crippen molar-refractivity contribution in [1.82, 2.24) is 15.6 Å². The number of hydrogen-bond donors (Lipinski definition) is 2. The number of aryl methyl sites for hydroxylation is 1. The maximum Gasteiger partial charge on any atom is 0.213 e. The molecule has 0 aliphatic carbocycles. The summed E-state index contributed by atoms with van der Waals surface area (Å²) in [5.41, 5.74) is 3.32. The molecule has 7 nitrogen and oxygen atoms in total. The molecule has 170 valence electrons. The van der Waals surface area contributed by atoms with Crippen molar-refractivity contribution in [1.29, 1.82) is 0 Å². The third-order valence-electron chi connectivity index (χ3n) is 4.79. The second kappa shape index (κ2) is 13.4. The quantitative estimate of drug-likeness (QED) is 0.286. The van der Waals surface area contributed by atoms with Gasteiger partial charge in [0, 0.05) is 44.4 Å². The van der Waals surface area contributed by atoms with Crippen LogP contribution in [0.1, 0.15) is 36.5 Å². The molecule has 2 heterocycles. The van der Waals surface area contributed by atoms with Crippen molar-refractivity contribution in [2.75, 3.05) is 26.9 Å². The third kappa shape index (κ3) is 8.17. The van der Waals surface area contributed by atoms with Gasteiger partial charge < -0.3 is 24.8 Å². The maximum atomic E-state index is 6.18. The second-order valence-electron chi connectivity index (χ2n) is 7.35. The van der Waals surface area contributed by atoms with Gasteiger partial charge in [0.05, 0.1) is 19.8 Å². The Labute approximate surface area is 202 Å². The summed E-state index contributed by atoms with van der Waals surface area (Å²) in [7, 11) is 1.76. The van der Waals surface area contributed by atoms with Crippen molar-refractivity contribution in [2.45, 2.75) is 45.9 Å². The van der Waals surface area contributed by atoms with Gasteiger partial charge in [0.25, 0.3) is 0 Å². The summed E-state index contributed by atoms with van der Waals surface area (Å²) in [5, 5.41) is 6.68. The first-order valence-corrected chi connectivity index (χ1v) is 10.5. The maximum absolute atomic E-state index is 6.18. The Hall–Kier alpha value is -2.07. The lowest BCUT2D eigenvalue weighted by Gasteiger charge is -2.18. The minimum atomic E-state index is 0. The number of nitrogens with one attached hydrogen (secondary N) is 2. The van der Waals surface area contributed by atoms with Crippen LogP contribution in [0.4, 0.5) is 0 Å². The minimum absolute atomic E-state index is 0. The van der Waals surface area contributed by atoms with Gasteiger partial charge in [0.1, 0.15) is 11.9 Å². The van der Waals surface area contributed by atoms with E-state index in [9.17, 15) is 0 Å². The van der Waals surface area contributed by atoms with Crippen LogP contribution in [0.25, 0.3) is 0 Å². The van der Waals surface area contributed by atoms with Gasteiger partial charge in [-0.05, 0) is 30.5 Å². The highest BCUT2D eigenvalue weighted by atomic mass is 127. The van der Waals surface area contributed by atoms with E-state index in [0.29, 0.717) is 32.2 Å². The molecular formula is C23H33IN4O3. The predicted octanol–water partition coefficient (Wildman–Crippen LogP) is 3.83. The number of ether oxygens (including phenoxy) is 3. The van der Waals surface area contributed by atoms with Crippen LogP contribution in [-0.4, -0.2) is 43.9 Å². The smallest absolute Gasteiger partial charge is 0.213 e. The number of aromatic nitrogens is 1. The van der Waals surface area contributed by atoms with E-state index in [1.807, 2.05) is 18.3 Å². The molecule has 0 amide bonds. The number of guanidine groups is 1. The number of rotatable bonds is 9. The Morgan fingerprint density at radius 1 is 1.23 bits per heavy atom. The summed E-state index contributed by atoms with van der Waals surface area (Å²) < 4.78 is 17.1. The molecule has 1 saturated heterocycles. The molecule has 31 heavy (non-hydrogen) atoms. The summed E-state index contributed by atoms with van der Waals surface area (Å²) in [4.78, 5) is 8.65. The fourth-order valence-corrected chi connectivity index (χ4v) is 3.10. The van der Waals surface area contributed by atoms with Crippen molar-refractivity contribution >= 4 is 29.9 Å². The normalized spacial score (nSPS) is 15.8. The highest BCUT2D eigenvalue weighted by molar-refractivity contribution is 14.0. The van der Waals surface area contributed by atoms with E-state index in [4.69, 9.17) is 14.2 Å². The number of pyridine rings is 1. The summed E-state index contributed by atoms with van der Waals surface area (Å²) in [6, 6.07) is 10.2. The van der Waals surface area contributed by atoms with Crippen LogP contribution < -0.4 is 20.1 Å². The number of benzene rings is 1. The molecule has 8 heteroatoms. The first kappa shape index (κ1) is 25.2. The average Bonchev–Trinajstić information content (AvgIpc) is 3.27. The van der Waals surface area contributed by atoms with Gasteiger partial charge in [-0.15, -0.1) is 24.0 Å². The molecule has 1 aliphatic heterocycles. The van der Waals surface area contributed by atoms with Crippen LogP contribution in [0.15, 0.2) is 41.5 Å². The van der Waals surface area contributed by atoms with Crippen LogP contribution in [0.2, 0.25) is 0 Å². The zero-order chi connectivity index (χ0) is 21.2. The van der Waals surface area contributed by atoms with Crippen molar-refractivity contribution < 1.29 is 14.2 Å². The van der Waals surface area contributed by atoms with Crippen molar-refractivity contribution in [3.63, 3.8) is 0 Å². The molecule has 1 aliphatic rings. The lowest BCUT2D eigenvalue weighted by atomic mass is 10.1. The van der Waals surface area contributed by atoms with Crippen LogP contribution in [0, 0.1) is 6.92 Å². The minimum Gasteiger partial charge on any atom is -0.488 e. The molecule has 2 aromatic rings. The monoisotopic (exact) mass is 540 g/mol. The van der Waals surface area contributed by atoms with E-state index in [1.54, 1.807) is 7.05 Å². The average molecular weight is 540 g/mol. The topological polar surface area (TPSA) is 77.0 Å². The fourth-order valence-electron chi connectivity index (χ4n) is 3.10. The van der Waals surface area contributed by atoms with Crippen LogP contribution in [-0.2, 0) is 17.8 Å². The zero-order valence-electron chi connectivity index (χ0n) is 18.5. The number of aliphatic imine (C=N–C) groups is 1. The molecule has 1 unspecified atom stereocenters. The van der Waals surface area contributed by atoms with E-state index >= 15 is 0 Å². The molecule has 0 spiro atoms. The summed E-state index contributed by atoms with van der Waals surface area (Å²) in [6.45, 7) is 7.48. The lowest BCUT2D eigenvalue weighted by molar-refractivity contribution is 0.140. The number of hydrogen-bond acceptors (Lipinski definition) is 5. The van der Waals surface area contributed by atoms with E-state index in [-0.39, 0.29) is 30.1 Å². The van der Waals surface area contributed by atoms with Gasteiger partial charge in [-0.3, -0.25) is 4.99 Å². The lowest BCUT2D eigenvalue weighted by Crippen LogP contribution is -2.36. The van der Waals surface area contributed by atoms with Gasteiger partial charge >= 0.3 is 0 Å². The van der Waals surface area contributed by atoms with E-state index in [0.717, 1.165) is 42.3 Å². The number of halogens is 1. The molecule has 1 aromatic heterocycles. The van der Waals surface area contributed by atoms with Crippen LogP contribution in [0.3, 0.4) is 0 Å². The highest BCUT2D eigenvalue weighted by Gasteiger charge is 2.18. The molecule has 1 fully saturated rings. The highest BCUT2D eigenvalue weighted by Crippen LogP contribution is 2.23. The first-order valence-electron chi connectivity index (χ1n) is 10.5. The van der Waals surface area contributed by atoms with Crippen molar-refractivity contribution in [3.05, 3.63) is 53.2 Å². The van der Waals surface area contributed by atoms with Gasteiger partial charge in [0.2, 0.25) is 5.88 Å². The number of nitrogens with zero attached hydrogens (tertiary/aromatic N) is 2. The van der Waals surface area contributed by atoms with Crippen LogP contribution in [0.5, 0.6) is 11.6 Å². The Kier molecular flexibility index (Phi) is 10.9. The summed E-state index contributed by atoms with van der Waals surface area (Å²) in [5.74, 6) is 2.28. The molecule has 2 N–H and O–H groups in total. The molecule has 0 bridgehead atoms. The van der Waals surface area contributed by atoms with E-state index < -0.39 is 0 Å². The Morgan fingerprint density at radius 3 is 2.74 bits per heavy atom. The first-order chi connectivity index (χ1) is 14.7. The van der Waals surface area contributed by atoms with Crippen molar-refractivity contribution in [2.24, 2.45) is 4.99 Å². The fraction of sp³-hybridized carbons (Fsp3) is 0.478. The summed E-state index contributed by atoms with van der Waals surface area (Å²) >= 11 is 0. The van der Waals surface area contributed by atoms with Gasteiger partial charge in [-0.25, -0.2) is 4.98 Å². The van der Waals surface area contributed by atoms with Crippen LogP contribution >= 0.6 is 24.0 Å². The van der Waals surface area contributed by atoms with E-state index in [1.165, 1.54) is 5.56 Å². The largest absolute Gasteiger partial charge is 0.488 e. The van der Waals surface area contributed by atoms with Gasteiger partial charge in [-0.1, -0.05) is 25.1 Å². The van der Waals surface area contributed by atoms with Gasteiger partial charge in [0.15, 0.2) is 5.96 Å². The Balaban J connectivity index is 0.00000341. The molecular weight excluding hydrogens is 507 g/mol. The Morgan fingerprint density at radius 2 is 2.06 bits per heavy atom. The molecule has 3 rings (SSSR count). The molecule has 0 radical (unpaired) electrons. The van der Waals surface area contributed by atoms with Crippen molar-refractivity contribution in [3.8, 4) is 11.6 Å². The molecule has 1 aromatic carbocycles. The third-order valence-corrected chi connectivity index (χ3v) is 4.79. The Bertz CT molecular complexity index is 824. The molecule has 1 atom stereocenters. The zero-order valence-corrected chi connectivity index (χ0v) is 20.8. The predicted molar refractivity (Wildman–Crippen MR) is 134 cm³/mol. The SMILES string of the molecule is CCCOc1ccc(CNC(=NC)NCc2ccc(C)cc2OC2CCOC2)cn1.I. The molecule has 0 saturated carbocycles. The standard InChI is InChI=1S/C23H32N4O3.HI/c1-4-10-29-22-8-6-18(13-25-22)14-26-23(24-3)27-15-19-7-5-17(2)12-21(19)30-20-9-11-28-16-20;/h5-8,12-13,20H,4,9-11,14-16H2,1-3H3,(H2,24,26,27);1H. The second-order valence-corrected chi connectivity index (χ2v) is 7.35. The van der Waals surface area contributed by atoms with E-state index in [2.05, 4.69) is 52.7 Å². The van der Waals surface area contributed by atoms with Gasteiger partial charge in [-0.2, -0.15) is 0 Å². The summed E-state index contributed by atoms with van der Waals surface area (Å²) in [6.07, 6.45) is 3.84.